The lowest BCUT2D eigenvalue weighted by Crippen LogP contribution is -2.18. The van der Waals surface area contributed by atoms with Crippen molar-refractivity contribution in [3.05, 3.63) is 34.0 Å². The van der Waals surface area contributed by atoms with Gasteiger partial charge in [0.25, 0.3) is 0 Å². The van der Waals surface area contributed by atoms with Crippen molar-refractivity contribution in [2.24, 2.45) is 7.05 Å². The van der Waals surface area contributed by atoms with Gasteiger partial charge in [-0.25, -0.2) is 4.98 Å². The van der Waals surface area contributed by atoms with Gasteiger partial charge in [0.15, 0.2) is 0 Å². The van der Waals surface area contributed by atoms with Gasteiger partial charge in [-0.1, -0.05) is 0 Å². The molecule has 0 amide bonds. The van der Waals surface area contributed by atoms with E-state index in [1.165, 1.54) is 5.56 Å². The quantitative estimate of drug-likeness (QED) is 0.883. The smallest absolute Gasteiger partial charge is 0.109 e. The fourth-order valence-electron chi connectivity index (χ4n) is 1.62. The molecule has 2 rings (SSSR count). The first-order valence-electron chi connectivity index (χ1n) is 5.28. The molecule has 0 spiro atoms. The van der Waals surface area contributed by atoms with Crippen LogP contribution in [0.4, 0.5) is 0 Å². The molecule has 5 heteroatoms. The van der Waals surface area contributed by atoms with Crippen LogP contribution in [0.3, 0.4) is 0 Å². The molecule has 0 aliphatic carbocycles. The first-order valence-corrected chi connectivity index (χ1v) is 6.16. The van der Waals surface area contributed by atoms with E-state index in [0.29, 0.717) is 6.04 Å². The molecule has 0 bridgehead atoms. The van der Waals surface area contributed by atoms with Crippen molar-refractivity contribution < 1.29 is 0 Å². The fourth-order valence-corrected chi connectivity index (χ4v) is 2.29. The van der Waals surface area contributed by atoms with Gasteiger partial charge in [0.1, 0.15) is 5.01 Å². The van der Waals surface area contributed by atoms with Crippen molar-refractivity contribution >= 4 is 11.3 Å². The Balaban J connectivity index is 1.95. The molecule has 4 nitrogen and oxygen atoms in total. The Morgan fingerprint density at radius 3 is 2.94 bits per heavy atom. The third kappa shape index (κ3) is 2.48. The van der Waals surface area contributed by atoms with Crippen LogP contribution < -0.4 is 5.32 Å². The molecule has 1 N–H and O–H groups in total. The highest BCUT2D eigenvalue weighted by atomic mass is 32.1. The van der Waals surface area contributed by atoms with Gasteiger partial charge >= 0.3 is 0 Å². The average molecular weight is 236 g/mol. The summed E-state index contributed by atoms with van der Waals surface area (Å²) in [6.07, 6.45) is 3.89. The number of aromatic nitrogens is 3. The minimum Gasteiger partial charge on any atom is -0.304 e. The lowest BCUT2D eigenvalue weighted by molar-refractivity contribution is 0.570. The van der Waals surface area contributed by atoms with Gasteiger partial charge in [0.05, 0.1) is 11.7 Å². The summed E-state index contributed by atoms with van der Waals surface area (Å²) in [5, 5.41) is 10.9. The minimum atomic E-state index is 0.291. The fraction of sp³-hybridized carbons (Fsp3) is 0.455. The van der Waals surface area contributed by atoms with Crippen LogP contribution in [-0.4, -0.2) is 14.8 Å². The predicted molar refractivity (Wildman–Crippen MR) is 65.3 cm³/mol. The molecule has 0 aliphatic rings. The van der Waals surface area contributed by atoms with Crippen LogP contribution in [0.1, 0.15) is 29.2 Å². The summed E-state index contributed by atoms with van der Waals surface area (Å²) in [4.78, 5) is 4.29. The van der Waals surface area contributed by atoms with Crippen molar-refractivity contribution in [2.45, 2.75) is 26.4 Å². The number of hydrogen-bond acceptors (Lipinski definition) is 4. The van der Waals surface area contributed by atoms with Crippen LogP contribution in [0.25, 0.3) is 0 Å². The second-order valence-electron chi connectivity index (χ2n) is 3.89. The molecule has 16 heavy (non-hydrogen) atoms. The van der Waals surface area contributed by atoms with Crippen molar-refractivity contribution in [2.75, 3.05) is 0 Å². The van der Waals surface area contributed by atoms with Crippen molar-refractivity contribution in [1.82, 2.24) is 20.1 Å². The van der Waals surface area contributed by atoms with Crippen molar-refractivity contribution in [3.63, 3.8) is 0 Å². The number of nitrogens with zero attached hydrogens (tertiary/aromatic N) is 3. The van der Waals surface area contributed by atoms with E-state index in [1.807, 2.05) is 30.2 Å². The summed E-state index contributed by atoms with van der Waals surface area (Å²) in [5.41, 5.74) is 2.33. The Bertz CT molecular complexity index is 447. The van der Waals surface area contributed by atoms with E-state index in [2.05, 4.69) is 28.5 Å². The standard InChI is InChI=1S/C11H16N4S/c1-8-10(7-15(3)14-8)6-13-9(2)11-12-4-5-16-11/h4-5,7,9,13H,6H2,1-3H3. The zero-order valence-electron chi connectivity index (χ0n) is 9.77. The van der Waals surface area contributed by atoms with Crippen LogP contribution in [0.2, 0.25) is 0 Å². The summed E-state index contributed by atoms with van der Waals surface area (Å²) in [6, 6.07) is 0.291. The second-order valence-corrected chi connectivity index (χ2v) is 4.81. The molecule has 1 unspecified atom stereocenters. The summed E-state index contributed by atoms with van der Waals surface area (Å²) >= 11 is 1.68. The molecule has 0 aromatic carbocycles. The summed E-state index contributed by atoms with van der Waals surface area (Å²) < 4.78 is 1.85. The molecule has 2 aromatic rings. The maximum atomic E-state index is 4.32. The Labute approximate surface area is 99.3 Å². The third-order valence-electron chi connectivity index (χ3n) is 2.54. The van der Waals surface area contributed by atoms with E-state index in [4.69, 9.17) is 0 Å². The highest BCUT2D eigenvalue weighted by molar-refractivity contribution is 7.09. The van der Waals surface area contributed by atoms with Crippen LogP contribution in [0, 0.1) is 6.92 Å². The molecular formula is C11H16N4S. The average Bonchev–Trinajstić information content (AvgIpc) is 2.84. The van der Waals surface area contributed by atoms with Gasteiger partial charge in [0, 0.05) is 36.9 Å². The first-order chi connectivity index (χ1) is 7.66. The number of hydrogen-bond donors (Lipinski definition) is 1. The lowest BCUT2D eigenvalue weighted by atomic mass is 10.2. The molecule has 2 aromatic heterocycles. The molecule has 86 valence electrons. The minimum absolute atomic E-state index is 0.291. The molecule has 0 aliphatic heterocycles. The zero-order valence-corrected chi connectivity index (χ0v) is 10.6. The maximum Gasteiger partial charge on any atom is 0.109 e. The van der Waals surface area contributed by atoms with Crippen LogP contribution in [0.5, 0.6) is 0 Å². The Hall–Kier alpha value is -1.20. The van der Waals surface area contributed by atoms with Crippen LogP contribution in [0.15, 0.2) is 17.8 Å². The third-order valence-corrected chi connectivity index (χ3v) is 3.49. The topological polar surface area (TPSA) is 42.7 Å². The highest BCUT2D eigenvalue weighted by Gasteiger charge is 2.09. The van der Waals surface area contributed by atoms with E-state index in [-0.39, 0.29) is 0 Å². The monoisotopic (exact) mass is 236 g/mol. The Morgan fingerprint density at radius 1 is 1.56 bits per heavy atom. The largest absolute Gasteiger partial charge is 0.304 e. The molecule has 1 atom stereocenters. The van der Waals surface area contributed by atoms with Crippen molar-refractivity contribution in [1.29, 1.82) is 0 Å². The molecule has 0 saturated carbocycles. The molecule has 0 saturated heterocycles. The number of thiazole rings is 1. The van der Waals surface area contributed by atoms with Gasteiger partial charge in [-0.2, -0.15) is 5.10 Å². The molecule has 2 heterocycles. The van der Waals surface area contributed by atoms with Gasteiger partial charge in [-0.05, 0) is 13.8 Å². The highest BCUT2D eigenvalue weighted by Crippen LogP contribution is 2.15. The van der Waals surface area contributed by atoms with Gasteiger partial charge in [0.2, 0.25) is 0 Å². The zero-order chi connectivity index (χ0) is 11.5. The van der Waals surface area contributed by atoms with E-state index in [0.717, 1.165) is 17.2 Å². The maximum absolute atomic E-state index is 4.32. The molecule has 0 radical (unpaired) electrons. The van der Waals surface area contributed by atoms with Gasteiger partial charge in [-0.15, -0.1) is 11.3 Å². The number of rotatable bonds is 4. The number of aryl methyl sites for hydroxylation is 2. The summed E-state index contributed by atoms with van der Waals surface area (Å²) in [7, 11) is 1.95. The van der Waals surface area contributed by atoms with Gasteiger partial charge < -0.3 is 5.32 Å². The summed E-state index contributed by atoms with van der Waals surface area (Å²) in [6.45, 7) is 5.00. The van der Waals surface area contributed by atoms with Gasteiger partial charge in [-0.3, -0.25) is 4.68 Å². The van der Waals surface area contributed by atoms with E-state index < -0.39 is 0 Å². The predicted octanol–water partition coefficient (Wildman–Crippen LogP) is 2.04. The van der Waals surface area contributed by atoms with E-state index >= 15 is 0 Å². The van der Waals surface area contributed by atoms with E-state index in [1.54, 1.807) is 11.3 Å². The molecular weight excluding hydrogens is 220 g/mol. The molecule has 0 fully saturated rings. The second kappa shape index (κ2) is 4.76. The Morgan fingerprint density at radius 2 is 2.38 bits per heavy atom. The van der Waals surface area contributed by atoms with Crippen LogP contribution >= 0.6 is 11.3 Å². The lowest BCUT2D eigenvalue weighted by Gasteiger charge is -2.10. The number of nitrogens with one attached hydrogen (secondary N) is 1. The van der Waals surface area contributed by atoms with Crippen LogP contribution in [-0.2, 0) is 13.6 Å². The van der Waals surface area contributed by atoms with E-state index in [9.17, 15) is 0 Å². The van der Waals surface area contributed by atoms with Crippen molar-refractivity contribution in [3.8, 4) is 0 Å². The summed E-state index contributed by atoms with van der Waals surface area (Å²) in [5.74, 6) is 0. The SMILES string of the molecule is Cc1nn(C)cc1CNC(C)c1nccs1. The normalized spacial score (nSPS) is 12.9. The Kier molecular flexibility index (Phi) is 3.36. The first kappa shape index (κ1) is 11.3.